The minimum Gasteiger partial charge on any atom is -0.444 e. The Morgan fingerprint density at radius 1 is 1.44 bits per heavy atom. The first-order chi connectivity index (χ1) is 8.37. The molecule has 0 aromatic heterocycles. The summed E-state index contributed by atoms with van der Waals surface area (Å²) in [6.07, 6.45) is 0.375. The number of nitrogen functional groups attached to an aromatic ring is 1. The number of fused-ring (bicyclic) bond motifs is 1. The summed E-state index contributed by atoms with van der Waals surface area (Å²) in [5, 5.41) is 5.98. The number of ether oxygens (including phenoxy) is 1. The zero-order chi connectivity index (χ0) is 13.3. The van der Waals surface area contributed by atoms with E-state index in [1.165, 1.54) is 0 Å². The molecule has 0 fully saturated rings. The molecule has 0 saturated heterocycles. The van der Waals surface area contributed by atoms with Crippen LogP contribution in [-0.4, -0.2) is 18.2 Å². The van der Waals surface area contributed by atoms with Crippen molar-refractivity contribution in [3.05, 3.63) is 17.7 Å². The smallest absolute Gasteiger partial charge is 0.412 e. The molecule has 2 rings (SSSR count). The molecule has 1 heterocycles. The van der Waals surface area contributed by atoms with Crippen molar-refractivity contribution in [3.63, 3.8) is 0 Å². The first-order valence-electron chi connectivity index (χ1n) is 6.02. The molecule has 0 radical (unpaired) electrons. The molecule has 1 amide bonds. The maximum Gasteiger partial charge on any atom is 0.412 e. The molecule has 5 heteroatoms. The van der Waals surface area contributed by atoms with Crippen molar-refractivity contribution in [3.8, 4) is 0 Å². The quantitative estimate of drug-likeness (QED) is 0.669. The van der Waals surface area contributed by atoms with E-state index in [2.05, 4.69) is 10.6 Å². The summed E-state index contributed by atoms with van der Waals surface area (Å²) in [5.41, 5.74) is 8.67. The molecular weight excluding hydrogens is 230 g/mol. The third kappa shape index (κ3) is 2.67. The molecule has 0 bridgehead atoms. The minimum atomic E-state index is -0.519. The molecule has 1 aliphatic heterocycles. The van der Waals surface area contributed by atoms with Crippen molar-refractivity contribution in [1.82, 2.24) is 0 Å². The van der Waals surface area contributed by atoms with Crippen LogP contribution in [0.3, 0.4) is 0 Å². The third-order valence-corrected chi connectivity index (χ3v) is 2.66. The van der Waals surface area contributed by atoms with Gasteiger partial charge in [-0.3, -0.25) is 5.32 Å². The lowest BCUT2D eigenvalue weighted by molar-refractivity contribution is 0.0636. The second kappa shape index (κ2) is 4.40. The second-order valence-corrected chi connectivity index (χ2v) is 5.36. The largest absolute Gasteiger partial charge is 0.444 e. The highest BCUT2D eigenvalue weighted by atomic mass is 16.6. The lowest BCUT2D eigenvalue weighted by atomic mass is 10.1. The number of rotatable bonds is 1. The van der Waals surface area contributed by atoms with Crippen molar-refractivity contribution >= 4 is 23.2 Å². The summed E-state index contributed by atoms with van der Waals surface area (Å²) in [4.78, 5) is 11.8. The van der Waals surface area contributed by atoms with Crippen LogP contribution in [0.5, 0.6) is 0 Å². The van der Waals surface area contributed by atoms with E-state index in [0.29, 0.717) is 11.4 Å². The van der Waals surface area contributed by atoms with Gasteiger partial charge < -0.3 is 15.8 Å². The highest BCUT2D eigenvalue weighted by molar-refractivity contribution is 5.93. The van der Waals surface area contributed by atoms with Gasteiger partial charge in [-0.05, 0) is 39.3 Å². The molecule has 0 aliphatic carbocycles. The van der Waals surface area contributed by atoms with Gasteiger partial charge in [0.05, 0.1) is 11.4 Å². The number of amides is 1. The summed E-state index contributed by atoms with van der Waals surface area (Å²) >= 11 is 0. The van der Waals surface area contributed by atoms with E-state index in [1.54, 1.807) is 6.07 Å². The van der Waals surface area contributed by atoms with Crippen molar-refractivity contribution in [2.45, 2.75) is 32.8 Å². The van der Waals surface area contributed by atoms with Crippen LogP contribution in [0.4, 0.5) is 21.9 Å². The normalized spacial score (nSPS) is 13.7. The third-order valence-electron chi connectivity index (χ3n) is 2.66. The van der Waals surface area contributed by atoms with Crippen molar-refractivity contribution in [1.29, 1.82) is 0 Å². The number of nitrogens with two attached hydrogens (primary N) is 1. The molecule has 4 N–H and O–H groups in total. The SMILES string of the molecule is CC(C)(C)OC(=O)Nc1c(N)ccc2c1CCN2. The summed E-state index contributed by atoms with van der Waals surface area (Å²) in [6, 6.07) is 3.71. The summed E-state index contributed by atoms with van der Waals surface area (Å²) < 4.78 is 5.23. The lowest BCUT2D eigenvalue weighted by Gasteiger charge is -2.21. The van der Waals surface area contributed by atoms with E-state index >= 15 is 0 Å². The average Bonchev–Trinajstić information content (AvgIpc) is 2.67. The van der Waals surface area contributed by atoms with E-state index in [9.17, 15) is 4.79 Å². The monoisotopic (exact) mass is 249 g/mol. The summed E-state index contributed by atoms with van der Waals surface area (Å²) in [7, 11) is 0. The first-order valence-corrected chi connectivity index (χ1v) is 6.02. The van der Waals surface area contributed by atoms with Gasteiger partial charge >= 0.3 is 6.09 Å². The Hall–Kier alpha value is -1.91. The predicted octanol–water partition coefficient (Wildman–Crippen LogP) is 2.58. The number of carbonyl (C=O) groups excluding carboxylic acids is 1. The number of nitrogens with one attached hydrogen (secondary N) is 2. The van der Waals surface area contributed by atoms with Crippen molar-refractivity contribution < 1.29 is 9.53 Å². The van der Waals surface area contributed by atoms with Crippen LogP contribution in [0.1, 0.15) is 26.3 Å². The van der Waals surface area contributed by atoms with Crippen LogP contribution >= 0.6 is 0 Å². The van der Waals surface area contributed by atoms with Crippen LogP contribution in [0.25, 0.3) is 0 Å². The van der Waals surface area contributed by atoms with Gasteiger partial charge in [-0.15, -0.1) is 0 Å². The number of anilines is 3. The molecule has 1 aliphatic rings. The van der Waals surface area contributed by atoms with E-state index in [1.807, 2.05) is 26.8 Å². The Balaban J connectivity index is 2.19. The van der Waals surface area contributed by atoms with Gasteiger partial charge in [0.15, 0.2) is 0 Å². The van der Waals surface area contributed by atoms with E-state index in [0.717, 1.165) is 24.2 Å². The number of carbonyl (C=O) groups is 1. The Labute approximate surface area is 107 Å². The molecule has 0 unspecified atom stereocenters. The lowest BCUT2D eigenvalue weighted by Crippen LogP contribution is -2.27. The van der Waals surface area contributed by atoms with Gasteiger partial charge in [0.2, 0.25) is 0 Å². The van der Waals surface area contributed by atoms with Gasteiger partial charge in [-0.25, -0.2) is 4.79 Å². The van der Waals surface area contributed by atoms with Crippen LogP contribution in [0.15, 0.2) is 12.1 Å². The highest BCUT2D eigenvalue weighted by Gasteiger charge is 2.21. The topological polar surface area (TPSA) is 76.4 Å². The Kier molecular flexibility index (Phi) is 3.07. The van der Waals surface area contributed by atoms with Crippen LogP contribution in [-0.2, 0) is 11.2 Å². The van der Waals surface area contributed by atoms with Gasteiger partial charge in [0, 0.05) is 17.8 Å². The van der Waals surface area contributed by atoms with Gasteiger partial charge in [-0.1, -0.05) is 0 Å². The minimum absolute atomic E-state index is 0.477. The molecule has 0 atom stereocenters. The highest BCUT2D eigenvalue weighted by Crippen LogP contribution is 2.34. The van der Waals surface area contributed by atoms with Crippen LogP contribution in [0.2, 0.25) is 0 Å². The fourth-order valence-electron chi connectivity index (χ4n) is 1.97. The fourth-order valence-corrected chi connectivity index (χ4v) is 1.97. The second-order valence-electron chi connectivity index (χ2n) is 5.36. The zero-order valence-electron chi connectivity index (χ0n) is 11.0. The summed E-state index contributed by atoms with van der Waals surface area (Å²) in [5.74, 6) is 0. The molecule has 0 saturated carbocycles. The van der Waals surface area contributed by atoms with Crippen LogP contribution < -0.4 is 16.4 Å². The summed E-state index contributed by atoms with van der Waals surface area (Å²) in [6.45, 7) is 6.34. The number of hydrogen-bond acceptors (Lipinski definition) is 4. The Morgan fingerprint density at radius 3 is 2.83 bits per heavy atom. The maximum atomic E-state index is 11.8. The van der Waals surface area contributed by atoms with E-state index < -0.39 is 11.7 Å². The maximum absolute atomic E-state index is 11.8. The molecule has 0 spiro atoms. The standard InChI is InChI=1S/C13H19N3O2/c1-13(2,3)18-12(17)16-11-8-6-7-15-10(8)5-4-9(11)14/h4-5,15H,6-7,14H2,1-3H3,(H,16,17). The molecule has 1 aromatic carbocycles. The Morgan fingerprint density at radius 2 is 2.17 bits per heavy atom. The molecule has 98 valence electrons. The molecular formula is C13H19N3O2. The van der Waals surface area contributed by atoms with Gasteiger partial charge in [-0.2, -0.15) is 0 Å². The van der Waals surface area contributed by atoms with Crippen molar-refractivity contribution in [2.75, 3.05) is 22.9 Å². The van der Waals surface area contributed by atoms with E-state index in [4.69, 9.17) is 10.5 Å². The van der Waals surface area contributed by atoms with Crippen molar-refractivity contribution in [2.24, 2.45) is 0 Å². The fraction of sp³-hybridized carbons (Fsp3) is 0.462. The van der Waals surface area contributed by atoms with E-state index in [-0.39, 0.29) is 0 Å². The molecule has 5 nitrogen and oxygen atoms in total. The van der Waals surface area contributed by atoms with Gasteiger partial charge in [0.1, 0.15) is 5.60 Å². The van der Waals surface area contributed by atoms with Gasteiger partial charge in [0.25, 0.3) is 0 Å². The van der Waals surface area contributed by atoms with Crippen LogP contribution in [0, 0.1) is 0 Å². The average molecular weight is 249 g/mol. The molecule has 1 aromatic rings. The zero-order valence-corrected chi connectivity index (χ0v) is 11.0. The number of hydrogen-bond donors (Lipinski definition) is 3. The number of benzene rings is 1. The molecule has 18 heavy (non-hydrogen) atoms. The predicted molar refractivity (Wildman–Crippen MR) is 72.9 cm³/mol. The Bertz CT molecular complexity index is 478. The first kappa shape index (κ1) is 12.5.